The van der Waals surface area contributed by atoms with Crippen LogP contribution in [0.3, 0.4) is 0 Å². The van der Waals surface area contributed by atoms with Crippen molar-refractivity contribution in [3.63, 3.8) is 0 Å². The maximum Gasteiger partial charge on any atom is 0.254 e. The summed E-state index contributed by atoms with van der Waals surface area (Å²) in [6.07, 6.45) is 3.69. The van der Waals surface area contributed by atoms with Crippen LogP contribution in [0.25, 0.3) is 22.2 Å². The van der Waals surface area contributed by atoms with Gasteiger partial charge in [0, 0.05) is 47.8 Å². The van der Waals surface area contributed by atoms with E-state index in [4.69, 9.17) is 9.72 Å². The molecular formula is C24H23BrN4O2. The standard InChI is InChI=1S/C24H23BrN4O2/c1-4-31-19-8-5-17(6-9-19)23-12-21(20-11-18(25)7-10-22(20)27-23)24(30)28(2)14-16-13-26-29(3)15-16/h5-13,15H,4,14H2,1-3H3. The molecule has 158 valence electrons. The van der Waals surface area contributed by atoms with Crippen molar-refractivity contribution in [2.45, 2.75) is 13.5 Å². The number of halogens is 1. The van der Waals surface area contributed by atoms with Gasteiger partial charge in [-0.25, -0.2) is 4.98 Å². The summed E-state index contributed by atoms with van der Waals surface area (Å²) in [5, 5.41) is 5.00. The van der Waals surface area contributed by atoms with Crippen LogP contribution in [0.4, 0.5) is 0 Å². The molecule has 1 amide bonds. The van der Waals surface area contributed by atoms with Crippen LogP contribution >= 0.6 is 15.9 Å². The Hall–Kier alpha value is -3.19. The summed E-state index contributed by atoms with van der Waals surface area (Å²) in [5.41, 5.74) is 4.03. The Kier molecular flexibility index (Phi) is 6.04. The number of aryl methyl sites for hydroxylation is 1. The molecule has 2 aromatic carbocycles. The monoisotopic (exact) mass is 478 g/mol. The fourth-order valence-corrected chi connectivity index (χ4v) is 3.88. The molecule has 0 saturated heterocycles. The molecule has 0 aliphatic heterocycles. The first-order chi connectivity index (χ1) is 14.9. The molecule has 0 bridgehead atoms. The van der Waals surface area contributed by atoms with E-state index in [0.717, 1.165) is 37.9 Å². The molecule has 2 aromatic heterocycles. The summed E-state index contributed by atoms with van der Waals surface area (Å²) >= 11 is 3.52. The van der Waals surface area contributed by atoms with Gasteiger partial charge in [-0.15, -0.1) is 0 Å². The Balaban J connectivity index is 1.75. The summed E-state index contributed by atoms with van der Waals surface area (Å²) < 4.78 is 8.17. The molecule has 0 N–H and O–H groups in total. The number of amides is 1. The van der Waals surface area contributed by atoms with Crippen LogP contribution in [0, 0.1) is 0 Å². The molecule has 0 aliphatic rings. The average molecular weight is 479 g/mol. The highest BCUT2D eigenvalue weighted by Gasteiger charge is 2.18. The normalized spacial score (nSPS) is 11.0. The predicted octanol–water partition coefficient (Wildman–Crippen LogP) is 5.07. The minimum atomic E-state index is -0.0680. The van der Waals surface area contributed by atoms with Crippen molar-refractivity contribution in [1.29, 1.82) is 0 Å². The first kappa shape index (κ1) is 21.1. The van der Waals surface area contributed by atoms with Crippen molar-refractivity contribution in [3.05, 3.63) is 76.5 Å². The third kappa shape index (κ3) is 4.61. The van der Waals surface area contributed by atoms with Crippen LogP contribution in [0.1, 0.15) is 22.8 Å². The van der Waals surface area contributed by atoms with Crippen molar-refractivity contribution in [2.75, 3.05) is 13.7 Å². The van der Waals surface area contributed by atoms with Crippen molar-refractivity contribution in [1.82, 2.24) is 19.7 Å². The van der Waals surface area contributed by atoms with Crippen LogP contribution in [0.2, 0.25) is 0 Å². The summed E-state index contributed by atoms with van der Waals surface area (Å²) in [4.78, 5) is 19.9. The van der Waals surface area contributed by atoms with E-state index < -0.39 is 0 Å². The highest BCUT2D eigenvalue weighted by atomic mass is 79.9. The number of hydrogen-bond donors (Lipinski definition) is 0. The van der Waals surface area contributed by atoms with Gasteiger partial charge in [0.05, 0.1) is 29.6 Å². The predicted molar refractivity (Wildman–Crippen MR) is 125 cm³/mol. The van der Waals surface area contributed by atoms with E-state index in [9.17, 15) is 4.79 Å². The fourth-order valence-electron chi connectivity index (χ4n) is 3.52. The lowest BCUT2D eigenvalue weighted by Gasteiger charge is -2.18. The molecule has 0 unspecified atom stereocenters. The second-order valence-electron chi connectivity index (χ2n) is 7.36. The summed E-state index contributed by atoms with van der Waals surface area (Å²) in [7, 11) is 3.67. The second kappa shape index (κ2) is 8.89. The van der Waals surface area contributed by atoms with E-state index in [-0.39, 0.29) is 5.91 Å². The maximum atomic E-state index is 13.4. The van der Waals surface area contributed by atoms with E-state index in [0.29, 0.717) is 18.7 Å². The Bertz CT molecular complexity index is 1230. The molecule has 7 heteroatoms. The van der Waals surface area contributed by atoms with Gasteiger partial charge in [0.15, 0.2) is 0 Å². The van der Waals surface area contributed by atoms with E-state index in [1.54, 1.807) is 22.8 Å². The summed E-state index contributed by atoms with van der Waals surface area (Å²) in [6.45, 7) is 3.05. The second-order valence-corrected chi connectivity index (χ2v) is 8.27. The largest absolute Gasteiger partial charge is 0.494 e. The Labute approximate surface area is 189 Å². The van der Waals surface area contributed by atoms with Gasteiger partial charge in [-0.3, -0.25) is 9.48 Å². The van der Waals surface area contributed by atoms with Gasteiger partial charge in [-0.2, -0.15) is 5.10 Å². The van der Waals surface area contributed by atoms with Crippen LogP contribution < -0.4 is 4.74 Å². The van der Waals surface area contributed by atoms with Gasteiger partial charge in [0.2, 0.25) is 0 Å². The zero-order valence-electron chi connectivity index (χ0n) is 17.7. The molecule has 0 radical (unpaired) electrons. The highest BCUT2D eigenvalue weighted by molar-refractivity contribution is 9.10. The number of benzene rings is 2. The number of nitrogens with zero attached hydrogens (tertiary/aromatic N) is 4. The third-order valence-electron chi connectivity index (χ3n) is 4.99. The number of carbonyl (C=O) groups excluding carboxylic acids is 1. The van der Waals surface area contributed by atoms with Crippen LogP contribution in [-0.4, -0.2) is 39.2 Å². The Morgan fingerprint density at radius 1 is 1.16 bits per heavy atom. The number of rotatable bonds is 6. The van der Waals surface area contributed by atoms with Crippen LogP contribution in [0.15, 0.2) is 65.4 Å². The molecule has 4 rings (SSSR count). The molecule has 0 saturated carbocycles. The molecule has 4 aromatic rings. The average Bonchev–Trinajstić information content (AvgIpc) is 3.17. The van der Waals surface area contributed by atoms with E-state index >= 15 is 0 Å². The lowest BCUT2D eigenvalue weighted by molar-refractivity contribution is 0.0787. The lowest BCUT2D eigenvalue weighted by Crippen LogP contribution is -2.26. The van der Waals surface area contributed by atoms with Crippen LogP contribution in [0.5, 0.6) is 5.75 Å². The Morgan fingerprint density at radius 3 is 2.61 bits per heavy atom. The van der Waals surface area contributed by atoms with E-state index in [2.05, 4.69) is 21.0 Å². The number of hydrogen-bond acceptors (Lipinski definition) is 4. The number of fused-ring (bicyclic) bond motifs is 1. The molecule has 0 atom stereocenters. The van der Waals surface area contributed by atoms with Crippen LogP contribution in [-0.2, 0) is 13.6 Å². The third-order valence-corrected chi connectivity index (χ3v) is 5.48. The summed E-state index contributed by atoms with van der Waals surface area (Å²) in [6, 6.07) is 15.4. The SMILES string of the molecule is CCOc1ccc(-c2cc(C(=O)N(C)Cc3cnn(C)c3)c3cc(Br)ccc3n2)cc1. The fraction of sp³-hybridized carbons (Fsp3) is 0.208. The molecule has 6 nitrogen and oxygen atoms in total. The highest BCUT2D eigenvalue weighted by Crippen LogP contribution is 2.29. The molecular weight excluding hydrogens is 456 g/mol. The van der Waals surface area contributed by atoms with Gasteiger partial charge in [-0.05, 0) is 55.5 Å². The quantitative estimate of drug-likeness (QED) is 0.388. The van der Waals surface area contributed by atoms with Crippen molar-refractivity contribution >= 4 is 32.7 Å². The zero-order valence-corrected chi connectivity index (χ0v) is 19.3. The van der Waals surface area contributed by atoms with Crippen molar-refractivity contribution < 1.29 is 9.53 Å². The van der Waals surface area contributed by atoms with Crippen molar-refractivity contribution in [3.8, 4) is 17.0 Å². The van der Waals surface area contributed by atoms with Gasteiger partial charge in [0.25, 0.3) is 5.91 Å². The smallest absolute Gasteiger partial charge is 0.254 e. The molecule has 0 aliphatic carbocycles. The van der Waals surface area contributed by atoms with Gasteiger partial charge in [0.1, 0.15) is 5.75 Å². The zero-order chi connectivity index (χ0) is 22.0. The molecule has 2 heterocycles. The number of ether oxygens (including phenoxy) is 1. The minimum Gasteiger partial charge on any atom is -0.494 e. The minimum absolute atomic E-state index is 0.0680. The number of pyridine rings is 1. The number of carbonyl (C=O) groups is 1. The first-order valence-electron chi connectivity index (χ1n) is 10.0. The molecule has 31 heavy (non-hydrogen) atoms. The topological polar surface area (TPSA) is 60.2 Å². The maximum absolute atomic E-state index is 13.4. The first-order valence-corrected chi connectivity index (χ1v) is 10.8. The van der Waals surface area contributed by atoms with Gasteiger partial charge in [-0.1, -0.05) is 15.9 Å². The number of aromatic nitrogens is 3. The summed E-state index contributed by atoms with van der Waals surface area (Å²) in [5.74, 6) is 0.741. The van der Waals surface area contributed by atoms with E-state index in [1.165, 1.54) is 0 Å². The molecule has 0 fully saturated rings. The molecule has 0 spiro atoms. The van der Waals surface area contributed by atoms with Gasteiger partial charge < -0.3 is 9.64 Å². The van der Waals surface area contributed by atoms with Gasteiger partial charge >= 0.3 is 0 Å². The Morgan fingerprint density at radius 2 is 1.94 bits per heavy atom. The lowest BCUT2D eigenvalue weighted by atomic mass is 10.0. The van der Waals surface area contributed by atoms with Crippen molar-refractivity contribution in [2.24, 2.45) is 7.05 Å². The van der Waals surface area contributed by atoms with E-state index in [1.807, 2.05) is 68.7 Å².